The first-order valence-corrected chi connectivity index (χ1v) is 7.32. The molecule has 0 saturated carbocycles. The Morgan fingerprint density at radius 1 is 1.29 bits per heavy atom. The first-order valence-electron chi connectivity index (χ1n) is 7.32. The summed E-state index contributed by atoms with van der Waals surface area (Å²) in [6.07, 6.45) is 0.555. The van der Waals surface area contributed by atoms with Crippen molar-refractivity contribution in [1.29, 1.82) is 0 Å². The van der Waals surface area contributed by atoms with E-state index in [1.165, 1.54) is 0 Å². The van der Waals surface area contributed by atoms with E-state index in [-0.39, 0.29) is 6.10 Å². The van der Waals surface area contributed by atoms with E-state index < -0.39 is 12.0 Å². The largest absolute Gasteiger partial charge is 0.389 e. The van der Waals surface area contributed by atoms with Crippen molar-refractivity contribution in [3.8, 4) is 0 Å². The van der Waals surface area contributed by atoms with E-state index in [2.05, 4.69) is 19.2 Å². The molecule has 1 rings (SSSR count). The lowest BCUT2D eigenvalue weighted by Gasteiger charge is -2.18. The van der Waals surface area contributed by atoms with Crippen LogP contribution in [0.3, 0.4) is 0 Å². The maximum absolute atomic E-state index is 10.9. The Morgan fingerprint density at radius 2 is 1.90 bits per heavy atom. The van der Waals surface area contributed by atoms with Crippen LogP contribution in [0.1, 0.15) is 37.6 Å². The molecule has 0 bridgehead atoms. The average Bonchev–Trinajstić information content (AvgIpc) is 2.42. The van der Waals surface area contributed by atoms with Crippen LogP contribution < -0.4 is 11.1 Å². The van der Waals surface area contributed by atoms with Gasteiger partial charge in [0.2, 0.25) is 5.91 Å². The van der Waals surface area contributed by atoms with Gasteiger partial charge >= 0.3 is 0 Å². The number of aliphatic hydroxyl groups is 1. The van der Waals surface area contributed by atoms with Crippen molar-refractivity contribution in [2.75, 3.05) is 18.5 Å². The number of hydrogen-bond acceptors (Lipinski definition) is 4. The molecule has 21 heavy (non-hydrogen) atoms. The van der Waals surface area contributed by atoms with Gasteiger partial charge in [-0.1, -0.05) is 13.8 Å². The van der Waals surface area contributed by atoms with Crippen LogP contribution in [0.25, 0.3) is 0 Å². The SMILES string of the molecule is CC(C)CC(C)OCC(O)CNc1ccc(C(N)=O)cc1. The molecule has 0 fully saturated rings. The van der Waals surface area contributed by atoms with E-state index in [4.69, 9.17) is 10.5 Å². The van der Waals surface area contributed by atoms with Crippen molar-refractivity contribution in [1.82, 2.24) is 0 Å². The normalized spacial score (nSPS) is 14.0. The van der Waals surface area contributed by atoms with E-state index in [9.17, 15) is 9.90 Å². The quantitative estimate of drug-likeness (QED) is 0.650. The predicted octanol–water partition coefficient (Wildman–Crippen LogP) is 2.01. The van der Waals surface area contributed by atoms with Crippen LogP contribution in [0.4, 0.5) is 5.69 Å². The molecule has 1 amide bonds. The third kappa shape index (κ3) is 7.11. The summed E-state index contributed by atoms with van der Waals surface area (Å²) in [5.74, 6) is 0.133. The summed E-state index contributed by atoms with van der Waals surface area (Å²) in [4.78, 5) is 10.9. The molecule has 2 unspecified atom stereocenters. The Labute approximate surface area is 126 Å². The van der Waals surface area contributed by atoms with Crippen molar-refractivity contribution >= 4 is 11.6 Å². The molecule has 0 aliphatic heterocycles. The maximum Gasteiger partial charge on any atom is 0.248 e. The molecular weight excluding hydrogens is 268 g/mol. The molecule has 4 N–H and O–H groups in total. The van der Waals surface area contributed by atoms with Gasteiger partial charge in [0, 0.05) is 17.8 Å². The van der Waals surface area contributed by atoms with Crippen LogP contribution >= 0.6 is 0 Å². The van der Waals surface area contributed by atoms with E-state index in [1.807, 2.05) is 6.92 Å². The minimum atomic E-state index is -0.574. The van der Waals surface area contributed by atoms with Crippen LogP contribution in [-0.2, 0) is 4.74 Å². The fraction of sp³-hybridized carbons (Fsp3) is 0.562. The molecule has 5 nitrogen and oxygen atoms in total. The molecule has 0 aliphatic carbocycles. The second kappa shape index (κ2) is 8.64. The average molecular weight is 294 g/mol. The summed E-state index contributed by atoms with van der Waals surface area (Å²) in [7, 11) is 0. The van der Waals surface area contributed by atoms with Crippen molar-refractivity contribution in [2.24, 2.45) is 11.7 Å². The molecule has 118 valence electrons. The number of amides is 1. The topological polar surface area (TPSA) is 84.6 Å². The molecule has 5 heteroatoms. The fourth-order valence-electron chi connectivity index (χ4n) is 2.05. The molecular formula is C16H26N2O3. The van der Waals surface area contributed by atoms with Gasteiger partial charge in [0.1, 0.15) is 0 Å². The number of primary amides is 1. The fourth-order valence-corrected chi connectivity index (χ4v) is 2.05. The van der Waals surface area contributed by atoms with Gasteiger partial charge in [-0.25, -0.2) is 0 Å². The molecule has 2 atom stereocenters. The van der Waals surface area contributed by atoms with Gasteiger partial charge in [-0.05, 0) is 43.5 Å². The summed E-state index contributed by atoms with van der Waals surface area (Å²) >= 11 is 0. The van der Waals surface area contributed by atoms with Crippen LogP contribution in [-0.4, -0.2) is 36.4 Å². The molecule has 1 aromatic carbocycles. The Hall–Kier alpha value is -1.59. The van der Waals surface area contributed by atoms with Gasteiger partial charge in [0.05, 0.1) is 18.8 Å². The van der Waals surface area contributed by atoms with Crippen molar-refractivity contribution in [2.45, 2.75) is 39.4 Å². The zero-order valence-electron chi connectivity index (χ0n) is 13.0. The molecule has 0 aliphatic rings. The van der Waals surface area contributed by atoms with E-state index >= 15 is 0 Å². The van der Waals surface area contributed by atoms with E-state index in [1.54, 1.807) is 24.3 Å². The van der Waals surface area contributed by atoms with Crippen LogP contribution in [0.5, 0.6) is 0 Å². The predicted molar refractivity (Wildman–Crippen MR) is 84.3 cm³/mol. The smallest absolute Gasteiger partial charge is 0.248 e. The van der Waals surface area contributed by atoms with Gasteiger partial charge in [0.25, 0.3) is 0 Å². The zero-order chi connectivity index (χ0) is 15.8. The highest BCUT2D eigenvalue weighted by atomic mass is 16.5. The minimum Gasteiger partial charge on any atom is -0.389 e. The summed E-state index contributed by atoms with van der Waals surface area (Å²) in [6.45, 7) is 7.01. The van der Waals surface area contributed by atoms with Crippen molar-refractivity contribution < 1.29 is 14.6 Å². The summed E-state index contributed by atoms with van der Waals surface area (Å²) in [5, 5.41) is 13.0. The monoisotopic (exact) mass is 294 g/mol. The summed E-state index contributed by atoms with van der Waals surface area (Å²) in [5.41, 5.74) is 6.47. The van der Waals surface area contributed by atoms with Gasteiger partial charge in [-0.15, -0.1) is 0 Å². The number of aliphatic hydroxyl groups excluding tert-OH is 1. The second-order valence-corrected chi connectivity index (χ2v) is 5.75. The van der Waals surface area contributed by atoms with Gasteiger partial charge in [-0.3, -0.25) is 4.79 Å². The first-order chi connectivity index (χ1) is 9.88. The van der Waals surface area contributed by atoms with Gasteiger partial charge < -0.3 is 20.9 Å². The molecule has 0 radical (unpaired) electrons. The Morgan fingerprint density at radius 3 is 2.43 bits per heavy atom. The number of ether oxygens (including phenoxy) is 1. The zero-order valence-corrected chi connectivity index (χ0v) is 13.0. The number of rotatable bonds is 9. The maximum atomic E-state index is 10.9. The van der Waals surface area contributed by atoms with E-state index in [0.717, 1.165) is 12.1 Å². The lowest BCUT2D eigenvalue weighted by atomic mass is 10.1. The number of nitrogens with two attached hydrogens (primary N) is 1. The molecule has 0 aromatic heterocycles. The van der Waals surface area contributed by atoms with Crippen LogP contribution in [0.2, 0.25) is 0 Å². The number of anilines is 1. The number of hydrogen-bond donors (Lipinski definition) is 3. The third-order valence-electron chi connectivity index (χ3n) is 3.09. The second-order valence-electron chi connectivity index (χ2n) is 5.75. The summed E-state index contributed by atoms with van der Waals surface area (Å²) < 4.78 is 5.60. The standard InChI is InChI=1S/C16H26N2O3/c1-11(2)8-12(3)21-10-15(19)9-18-14-6-4-13(5-7-14)16(17)20/h4-7,11-12,15,18-19H,8-10H2,1-3H3,(H2,17,20). The Balaban J connectivity index is 2.29. The molecule has 0 spiro atoms. The van der Waals surface area contributed by atoms with E-state index in [0.29, 0.717) is 24.6 Å². The van der Waals surface area contributed by atoms with Crippen molar-refractivity contribution in [3.63, 3.8) is 0 Å². The van der Waals surface area contributed by atoms with Crippen LogP contribution in [0.15, 0.2) is 24.3 Å². The molecule has 1 aromatic rings. The van der Waals surface area contributed by atoms with Gasteiger partial charge in [-0.2, -0.15) is 0 Å². The Kier molecular flexibility index (Phi) is 7.19. The van der Waals surface area contributed by atoms with Crippen molar-refractivity contribution in [3.05, 3.63) is 29.8 Å². The number of benzene rings is 1. The van der Waals surface area contributed by atoms with Gasteiger partial charge in [0.15, 0.2) is 0 Å². The highest BCUT2D eigenvalue weighted by Gasteiger charge is 2.09. The Bertz CT molecular complexity index is 432. The number of carbonyl (C=O) groups is 1. The summed E-state index contributed by atoms with van der Waals surface area (Å²) in [6, 6.07) is 6.82. The highest BCUT2D eigenvalue weighted by molar-refractivity contribution is 5.93. The lowest BCUT2D eigenvalue weighted by molar-refractivity contribution is -0.00443. The first kappa shape index (κ1) is 17.5. The lowest BCUT2D eigenvalue weighted by Crippen LogP contribution is -2.27. The molecule has 0 saturated heterocycles. The number of carbonyl (C=O) groups excluding carboxylic acids is 1. The van der Waals surface area contributed by atoms with Crippen LogP contribution in [0, 0.1) is 5.92 Å². The third-order valence-corrected chi connectivity index (χ3v) is 3.09. The number of nitrogens with one attached hydrogen (secondary N) is 1. The minimum absolute atomic E-state index is 0.148. The molecule has 0 heterocycles. The highest BCUT2D eigenvalue weighted by Crippen LogP contribution is 2.10.